The molecule has 0 spiro atoms. The molecule has 4 nitrogen and oxygen atoms in total. The van der Waals surface area contributed by atoms with Crippen LogP contribution in [-0.4, -0.2) is 22.0 Å². The Hall–Kier alpha value is -2.36. The average molecular weight is 309 g/mol. The monoisotopic (exact) mass is 309 g/mol. The molecule has 1 N–H and O–H groups in total. The number of hydrogen-bond acceptors (Lipinski definition) is 2. The minimum atomic E-state index is -0.0351. The zero-order valence-electron chi connectivity index (χ0n) is 13.9. The van der Waals surface area contributed by atoms with Gasteiger partial charge in [-0.1, -0.05) is 12.1 Å². The van der Waals surface area contributed by atoms with Gasteiger partial charge in [-0.2, -0.15) is 0 Å². The summed E-state index contributed by atoms with van der Waals surface area (Å²) in [4.78, 5) is 18.9. The SMILES string of the molecule is Cc1ccc(NC(=O)N(C2CC2)[C@H](C)c2cccnc2)cc1C. The minimum absolute atomic E-state index is 0.0164. The van der Waals surface area contributed by atoms with Crippen LogP contribution in [0.5, 0.6) is 0 Å². The van der Waals surface area contributed by atoms with Crippen molar-refractivity contribution < 1.29 is 4.79 Å². The van der Waals surface area contributed by atoms with Gasteiger partial charge in [-0.15, -0.1) is 0 Å². The third-order valence-electron chi connectivity index (χ3n) is 4.52. The van der Waals surface area contributed by atoms with Crippen LogP contribution in [0.3, 0.4) is 0 Å². The van der Waals surface area contributed by atoms with Gasteiger partial charge in [-0.3, -0.25) is 4.98 Å². The van der Waals surface area contributed by atoms with E-state index in [0.29, 0.717) is 6.04 Å². The highest BCUT2D eigenvalue weighted by molar-refractivity contribution is 5.90. The van der Waals surface area contributed by atoms with Crippen LogP contribution in [0.1, 0.15) is 42.5 Å². The van der Waals surface area contributed by atoms with Gasteiger partial charge in [0.25, 0.3) is 0 Å². The van der Waals surface area contributed by atoms with E-state index >= 15 is 0 Å². The van der Waals surface area contributed by atoms with E-state index in [9.17, 15) is 4.79 Å². The minimum Gasteiger partial charge on any atom is -0.315 e. The molecule has 2 amide bonds. The topological polar surface area (TPSA) is 45.2 Å². The summed E-state index contributed by atoms with van der Waals surface area (Å²) in [7, 11) is 0. The summed E-state index contributed by atoms with van der Waals surface area (Å²) in [5, 5.41) is 3.05. The van der Waals surface area contributed by atoms with Crippen LogP contribution < -0.4 is 5.32 Å². The molecule has 0 saturated heterocycles. The summed E-state index contributed by atoms with van der Waals surface area (Å²) in [5.74, 6) is 0. The van der Waals surface area contributed by atoms with E-state index in [1.165, 1.54) is 11.1 Å². The van der Waals surface area contributed by atoms with Crippen LogP contribution in [0, 0.1) is 13.8 Å². The smallest absolute Gasteiger partial charge is 0.315 e. The number of nitrogens with one attached hydrogen (secondary N) is 1. The Morgan fingerprint density at radius 1 is 1.26 bits per heavy atom. The summed E-state index contributed by atoms with van der Waals surface area (Å²) >= 11 is 0. The molecule has 1 saturated carbocycles. The molecule has 3 rings (SSSR count). The van der Waals surface area contributed by atoms with Gasteiger partial charge in [-0.25, -0.2) is 4.79 Å². The first-order chi connectivity index (χ1) is 11.1. The second-order valence-corrected chi connectivity index (χ2v) is 6.33. The molecule has 0 unspecified atom stereocenters. The number of aromatic nitrogens is 1. The van der Waals surface area contributed by atoms with Gasteiger partial charge < -0.3 is 10.2 Å². The van der Waals surface area contributed by atoms with Crippen molar-refractivity contribution in [3.63, 3.8) is 0 Å². The molecule has 1 heterocycles. The molecule has 1 aromatic heterocycles. The number of benzene rings is 1. The fraction of sp³-hybridized carbons (Fsp3) is 0.368. The van der Waals surface area contributed by atoms with Gasteiger partial charge in [0.05, 0.1) is 6.04 Å². The number of aryl methyl sites for hydroxylation is 2. The number of hydrogen-bond donors (Lipinski definition) is 1. The molecule has 1 atom stereocenters. The molecular weight excluding hydrogens is 286 g/mol. The molecule has 0 bridgehead atoms. The lowest BCUT2D eigenvalue weighted by atomic mass is 10.1. The van der Waals surface area contributed by atoms with Crippen molar-refractivity contribution in [2.75, 3.05) is 5.32 Å². The van der Waals surface area contributed by atoms with Crippen LogP contribution in [0.15, 0.2) is 42.7 Å². The number of rotatable bonds is 4. The lowest BCUT2D eigenvalue weighted by Crippen LogP contribution is -2.38. The van der Waals surface area contributed by atoms with E-state index in [4.69, 9.17) is 0 Å². The summed E-state index contributed by atoms with van der Waals surface area (Å²) in [6.45, 7) is 6.19. The zero-order valence-corrected chi connectivity index (χ0v) is 13.9. The van der Waals surface area contributed by atoms with Gasteiger partial charge in [-0.05, 0) is 68.5 Å². The van der Waals surface area contributed by atoms with E-state index in [-0.39, 0.29) is 12.1 Å². The number of anilines is 1. The first-order valence-electron chi connectivity index (χ1n) is 8.13. The van der Waals surface area contributed by atoms with E-state index in [0.717, 1.165) is 24.1 Å². The largest absolute Gasteiger partial charge is 0.322 e. The highest BCUT2D eigenvalue weighted by atomic mass is 16.2. The molecule has 1 aromatic carbocycles. The van der Waals surface area contributed by atoms with Crippen molar-refractivity contribution >= 4 is 11.7 Å². The fourth-order valence-corrected chi connectivity index (χ4v) is 2.80. The molecule has 0 radical (unpaired) electrons. The number of nitrogens with zero attached hydrogens (tertiary/aromatic N) is 2. The van der Waals surface area contributed by atoms with Crippen molar-refractivity contribution in [3.8, 4) is 0 Å². The molecule has 0 aliphatic heterocycles. The Kier molecular flexibility index (Phi) is 4.33. The summed E-state index contributed by atoms with van der Waals surface area (Å²) in [5.41, 5.74) is 4.32. The maximum Gasteiger partial charge on any atom is 0.322 e. The molecule has 23 heavy (non-hydrogen) atoms. The first kappa shape index (κ1) is 15.5. The van der Waals surface area contributed by atoms with Crippen molar-refractivity contribution in [2.24, 2.45) is 0 Å². The Labute approximate surface area is 137 Å². The third kappa shape index (κ3) is 3.52. The Bertz CT molecular complexity index is 695. The third-order valence-corrected chi connectivity index (χ3v) is 4.52. The van der Waals surface area contributed by atoms with Crippen molar-refractivity contribution in [1.82, 2.24) is 9.88 Å². The number of carbonyl (C=O) groups is 1. The highest BCUT2D eigenvalue weighted by Crippen LogP contribution is 2.34. The number of amides is 2. The standard InChI is InChI=1S/C19H23N3O/c1-13-6-7-17(11-14(13)2)21-19(23)22(18-8-9-18)15(3)16-5-4-10-20-12-16/h4-7,10-12,15,18H,8-9H2,1-3H3,(H,21,23)/t15-/m1/s1. The molecule has 1 aliphatic rings. The second-order valence-electron chi connectivity index (χ2n) is 6.33. The van der Waals surface area contributed by atoms with Gasteiger partial charge in [0.2, 0.25) is 0 Å². The van der Waals surface area contributed by atoms with Crippen LogP contribution in [0.25, 0.3) is 0 Å². The lowest BCUT2D eigenvalue weighted by molar-refractivity contribution is 0.189. The predicted octanol–water partition coefficient (Wildman–Crippen LogP) is 4.46. The second kappa shape index (κ2) is 6.41. The van der Waals surface area contributed by atoms with Gasteiger partial charge >= 0.3 is 6.03 Å². The molecule has 2 aromatic rings. The van der Waals surface area contributed by atoms with Crippen molar-refractivity contribution in [2.45, 2.75) is 45.7 Å². The van der Waals surface area contributed by atoms with Crippen LogP contribution in [0.2, 0.25) is 0 Å². The lowest BCUT2D eigenvalue weighted by Gasteiger charge is -2.29. The molecule has 1 aliphatic carbocycles. The number of pyridine rings is 1. The molecule has 120 valence electrons. The van der Waals surface area contributed by atoms with E-state index in [1.54, 1.807) is 6.20 Å². The van der Waals surface area contributed by atoms with E-state index in [2.05, 4.69) is 31.1 Å². The van der Waals surface area contributed by atoms with Crippen LogP contribution in [-0.2, 0) is 0 Å². The summed E-state index contributed by atoms with van der Waals surface area (Å²) in [6.07, 6.45) is 5.74. The van der Waals surface area contributed by atoms with Crippen molar-refractivity contribution in [3.05, 3.63) is 59.4 Å². The summed E-state index contributed by atoms with van der Waals surface area (Å²) in [6, 6.07) is 10.3. The Balaban J connectivity index is 1.78. The van der Waals surface area contributed by atoms with E-state index < -0.39 is 0 Å². The van der Waals surface area contributed by atoms with Crippen LogP contribution in [0.4, 0.5) is 10.5 Å². The Morgan fingerprint density at radius 3 is 2.65 bits per heavy atom. The Morgan fingerprint density at radius 2 is 2.04 bits per heavy atom. The maximum atomic E-state index is 12.8. The van der Waals surface area contributed by atoms with E-state index in [1.807, 2.05) is 41.4 Å². The zero-order chi connectivity index (χ0) is 16.4. The average Bonchev–Trinajstić information content (AvgIpc) is 3.37. The van der Waals surface area contributed by atoms with Gasteiger partial charge in [0, 0.05) is 24.1 Å². The number of urea groups is 1. The summed E-state index contributed by atoms with van der Waals surface area (Å²) < 4.78 is 0. The van der Waals surface area contributed by atoms with Gasteiger partial charge in [0.15, 0.2) is 0 Å². The normalized spacial score (nSPS) is 15.1. The molecule has 1 fully saturated rings. The molecule has 4 heteroatoms. The molecular formula is C19H23N3O. The first-order valence-corrected chi connectivity index (χ1v) is 8.13. The fourth-order valence-electron chi connectivity index (χ4n) is 2.80. The highest BCUT2D eigenvalue weighted by Gasteiger charge is 2.36. The maximum absolute atomic E-state index is 12.8. The van der Waals surface area contributed by atoms with Crippen LogP contribution >= 0.6 is 0 Å². The quantitative estimate of drug-likeness (QED) is 0.906. The van der Waals surface area contributed by atoms with Gasteiger partial charge in [0.1, 0.15) is 0 Å². The van der Waals surface area contributed by atoms with Crippen molar-refractivity contribution in [1.29, 1.82) is 0 Å². The number of carbonyl (C=O) groups excluding carboxylic acids is 1. The predicted molar refractivity (Wildman–Crippen MR) is 92.4 cm³/mol.